The number of carbonyl (C=O) groups is 1. The van der Waals surface area contributed by atoms with Gasteiger partial charge in [0, 0.05) is 26.1 Å². The Morgan fingerprint density at radius 1 is 1.38 bits per heavy atom. The van der Waals surface area contributed by atoms with Crippen LogP contribution in [0.1, 0.15) is 40.0 Å². The zero-order valence-electron chi connectivity index (χ0n) is 14.9. The zero-order valence-corrected chi connectivity index (χ0v) is 14.9. The van der Waals surface area contributed by atoms with Gasteiger partial charge >= 0.3 is 5.69 Å². The molecule has 1 rings (SSSR count). The van der Waals surface area contributed by atoms with E-state index in [-0.39, 0.29) is 36.5 Å². The summed E-state index contributed by atoms with van der Waals surface area (Å²) in [5.74, 6) is -0.464. The number of carbonyl (C=O) groups excluding carboxylic acids is 1. The summed E-state index contributed by atoms with van der Waals surface area (Å²) in [5.41, 5.74) is 4.89. The van der Waals surface area contributed by atoms with Crippen molar-refractivity contribution in [2.75, 3.05) is 30.9 Å². The summed E-state index contributed by atoms with van der Waals surface area (Å²) in [7, 11) is 1.52. The second-order valence-corrected chi connectivity index (χ2v) is 5.79. The number of methoxy groups -OCH3 is 1. The molecule has 1 aromatic rings. The molecule has 24 heavy (non-hydrogen) atoms. The fourth-order valence-corrected chi connectivity index (χ4v) is 2.33. The number of unbranched alkanes of at least 4 members (excludes halogenated alkanes) is 1. The molecule has 0 aliphatic heterocycles. The van der Waals surface area contributed by atoms with Gasteiger partial charge < -0.3 is 15.4 Å². The van der Waals surface area contributed by atoms with Crippen molar-refractivity contribution >= 4 is 17.4 Å². The standard InChI is InChI=1S/C16H28N4O4/c1-5-7-8-20-13(17)12(14(21)18-16(20)23)19(9-10-24-4)15(22)11(3)6-2/h11H,5-10,17H2,1-4H3,(H,18,21,23). The molecule has 0 aliphatic rings. The Balaban J connectivity index is 3.43. The highest BCUT2D eigenvalue weighted by Crippen LogP contribution is 2.20. The number of nitrogens with two attached hydrogens (primary N) is 1. The number of nitrogen functional groups attached to an aromatic ring is 1. The lowest BCUT2D eigenvalue weighted by molar-refractivity contribution is -0.122. The lowest BCUT2D eigenvalue weighted by Crippen LogP contribution is -2.44. The number of hydrogen-bond acceptors (Lipinski definition) is 5. The van der Waals surface area contributed by atoms with Gasteiger partial charge in [0.15, 0.2) is 5.69 Å². The predicted octanol–water partition coefficient (Wildman–Crippen LogP) is 0.944. The molecule has 8 heteroatoms. The maximum atomic E-state index is 12.7. The van der Waals surface area contributed by atoms with E-state index in [0.717, 1.165) is 12.8 Å². The normalized spacial score (nSPS) is 12.2. The number of aromatic amines is 1. The van der Waals surface area contributed by atoms with Crippen molar-refractivity contribution in [3.63, 3.8) is 0 Å². The lowest BCUT2D eigenvalue weighted by atomic mass is 10.1. The van der Waals surface area contributed by atoms with E-state index in [9.17, 15) is 14.4 Å². The molecule has 0 saturated heterocycles. The number of hydrogen-bond donors (Lipinski definition) is 2. The van der Waals surface area contributed by atoms with Gasteiger partial charge in [-0.3, -0.25) is 19.1 Å². The SMILES string of the molecule is CCCCn1c(N)c(N(CCOC)C(=O)C(C)CC)c(=O)[nH]c1=O. The van der Waals surface area contributed by atoms with E-state index < -0.39 is 11.2 Å². The molecule has 0 saturated carbocycles. The molecule has 1 atom stereocenters. The Bertz CT molecular complexity index is 665. The number of nitrogens with one attached hydrogen (secondary N) is 1. The van der Waals surface area contributed by atoms with Gasteiger partial charge in [0.05, 0.1) is 6.61 Å². The summed E-state index contributed by atoms with van der Waals surface area (Å²) < 4.78 is 6.35. The molecule has 0 spiro atoms. The van der Waals surface area contributed by atoms with Crippen molar-refractivity contribution in [3.05, 3.63) is 20.8 Å². The molecule has 0 fully saturated rings. The van der Waals surface area contributed by atoms with Gasteiger partial charge in [0.1, 0.15) is 5.82 Å². The van der Waals surface area contributed by atoms with Crippen LogP contribution in [-0.4, -0.2) is 35.7 Å². The first kappa shape index (κ1) is 20.0. The van der Waals surface area contributed by atoms with Crippen LogP contribution in [-0.2, 0) is 16.1 Å². The van der Waals surface area contributed by atoms with Crippen LogP contribution in [0, 0.1) is 5.92 Å². The first-order chi connectivity index (χ1) is 11.4. The van der Waals surface area contributed by atoms with Crippen molar-refractivity contribution < 1.29 is 9.53 Å². The van der Waals surface area contributed by atoms with Crippen LogP contribution >= 0.6 is 0 Å². The van der Waals surface area contributed by atoms with Crippen LogP contribution in [0.4, 0.5) is 11.5 Å². The Labute approximate surface area is 141 Å². The fraction of sp³-hybridized carbons (Fsp3) is 0.688. The van der Waals surface area contributed by atoms with Gasteiger partial charge in [-0.1, -0.05) is 27.2 Å². The Morgan fingerprint density at radius 2 is 2.04 bits per heavy atom. The van der Waals surface area contributed by atoms with Gasteiger partial charge in [0.2, 0.25) is 5.91 Å². The Hall–Kier alpha value is -2.09. The number of anilines is 2. The number of aromatic nitrogens is 2. The number of rotatable bonds is 9. The van der Waals surface area contributed by atoms with E-state index in [4.69, 9.17) is 10.5 Å². The summed E-state index contributed by atoms with van der Waals surface area (Å²) in [4.78, 5) is 40.6. The predicted molar refractivity (Wildman–Crippen MR) is 94.3 cm³/mol. The molecule has 0 radical (unpaired) electrons. The minimum absolute atomic E-state index is 0.0185. The van der Waals surface area contributed by atoms with E-state index in [1.54, 1.807) is 6.92 Å². The second kappa shape index (κ2) is 9.27. The van der Waals surface area contributed by atoms with Gasteiger partial charge in [-0.25, -0.2) is 4.79 Å². The van der Waals surface area contributed by atoms with Crippen molar-refractivity contribution in [2.45, 2.75) is 46.6 Å². The number of nitrogens with zero attached hydrogens (tertiary/aromatic N) is 2. The number of H-pyrrole nitrogens is 1. The summed E-state index contributed by atoms with van der Waals surface area (Å²) in [6.07, 6.45) is 2.25. The molecule has 0 bridgehead atoms. The summed E-state index contributed by atoms with van der Waals surface area (Å²) in [6.45, 7) is 6.52. The van der Waals surface area contributed by atoms with Crippen molar-refractivity contribution in [1.82, 2.24) is 9.55 Å². The quantitative estimate of drug-likeness (QED) is 0.695. The lowest BCUT2D eigenvalue weighted by Gasteiger charge is -2.26. The molecule has 1 unspecified atom stereocenters. The van der Waals surface area contributed by atoms with Crippen molar-refractivity contribution in [1.29, 1.82) is 0 Å². The summed E-state index contributed by atoms with van der Waals surface area (Å²) in [6, 6.07) is 0. The number of amides is 1. The largest absolute Gasteiger partial charge is 0.383 e. The molecule has 0 aromatic carbocycles. The van der Waals surface area contributed by atoms with Crippen LogP contribution in [0.5, 0.6) is 0 Å². The third-order valence-corrected chi connectivity index (χ3v) is 4.04. The van der Waals surface area contributed by atoms with Crippen LogP contribution in [0.2, 0.25) is 0 Å². The molecule has 0 aliphatic carbocycles. The zero-order chi connectivity index (χ0) is 18.3. The van der Waals surface area contributed by atoms with Gasteiger partial charge in [-0.05, 0) is 12.8 Å². The Morgan fingerprint density at radius 3 is 2.58 bits per heavy atom. The third-order valence-electron chi connectivity index (χ3n) is 4.04. The summed E-state index contributed by atoms with van der Waals surface area (Å²) >= 11 is 0. The molecular weight excluding hydrogens is 312 g/mol. The first-order valence-electron chi connectivity index (χ1n) is 8.31. The second-order valence-electron chi connectivity index (χ2n) is 5.79. The molecule has 1 heterocycles. The minimum Gasteiger partial charge on any atom is -0.383 e. The maximum absolute atomic E-state index is 12.7. The molecule has 3 N–H and O–H groups in total. The molecule has 8 nitrogen and oxygen atoms in total. The number of ether oxygens (including phenoxy) is 1. The molecule has 136 valence electrons. The minimum atomic E-state index is -0.655. The Kier molecular flexibility index (Phi) is 7.70. The average Bonchev–Trinajstić information content (AvgIpc) is 2.56. The smallest absolute Gasteiger partial charge is 0.330 e. The topological polar surface area (TPSA) is 110 Å². The van der Waals surface area contributed by atoms with E-state index in [1.165, 1.54) is 16.6 Å². The first-order valence-corrected chi connectivity index (χ1v) is 8.31. The van der Waals surface area contributed by atoms with Gasteiger partial charge in [-0.2, -0.15) is 0 Å². The van der Waals surface area contributed by atoms with E-state index in [1.807, 2.05) is 13.8 Å². The maximum Gasteiger partial charge on any atom is 0.330 e. The molecule has 1 amide bonds. The van der Waals surface area contributed by atoms with Crippen molar-refractivity contribution in [3.8, 4) is 0 Å². The van der Waals surface area contributed by atoms with Gasteiger partial charge in [0.25, 0.3) is 5.56 Å². The van der Waals surface area contributed by atoms with E-state index >= 15 is 0 Å². The fourth-order valence-electron chi connectivity index (χ4n) is 2.33. The molecule has 1 aromatic heterocycles. The van der Waals surface area contributed by atoms with E-state index in [0.29, 0.717) is 13.0 Å². The monoisotopic (exact) mass is 340 g/mol. The van der Waals surface area contributed by atoms with Crippen LogP contribution in [0.25, 0.3) is 0 Å². The van der Waals surface area contributed by atoms with Gasteiger partial charge in [-0.15, -0.1) is 0 Å². The highest BCUT2D eigenvalue weighted by molar-refractivity contribution is 5.96. The van der Waals surface area contributed by atoms with Crippen LogP contribution in [0.15, 0.2) is 9.59 Å². The van der Waals surface area contributed by atoms with Crippen molar-refractivity contribution in [2.24, 2.45) is 5.92 Å². The van der Waals surface area contributed by atoms with Crippen LogP contribution in [0.3, 0.4) is 0 Å². The highest BCUT2D eigenvalue weighted by Gasteiger charge is 2.26. The average molecular weight is 340 g/mol. The molecular formula is C16H28N4O4. The summed E-state index contributed by atoms with van der Waals surface area (Å²) in [5, 5.41) is 0. The highest BCUT2D eigenvalue weighted by atomic mass is 16.5. The van der Waals surface area contributed by atoms with Crippen LogP contribution < -0.4 is 21.9 Å². The van der Waals surface area contributed by atoms with E-state index in [2.05, 4.69) is 4.98 Å². The third kappa shape index (κ3) is 4.47.